The molecule has 2 atom stereocenters. The maximum Gasteiger partial charge on any atom is -0.0141 e. The highest BCUT2D eigenvalue weighted by Gasteiger charge is 2.44. The van der Waals surface area contributed by atoms with E-state index in [1.807, 2.05) is 0 Å². The van der Waals surface area contributed by atoms with Gasteiger partial charge in [0.2, 0.25) is 0 Å². The lowest BCUT2D eigenvalue weighted by atomic mass is 9.54. The fourth-order valence-corrected chi connectivity index (χ4v) is 3.66. The molecule has 0 heterocycles. The molecule has 0 amide bonds. The van der Waals surface area contributed by atoms with Crippen molar-refractivity contribution in [3.63, 3.8) is 0 Å². The molecule has 2 aliphatic rings. The largest absolute Gasteiger partial charge is 0.0874 e. The van der Waals surface area contributed by atoms with Crippen molar-refractivity contribution in [2.24, 2.45) is 16.7 Å². The van der Waals surface area contributed by atoms with Gasteiger partial charge in [-0.05, 0) is 36.0 Å². The van der Waals surface area contributed by atoms with E-state index in [1.54, 1.807) is 0 Å². The Morgan fingerprint density at radius 1 is 1.15 bits per heavy atom. The molecule has 0 aliphatic heterocycles. The first kappa shape index (κ1) is 9.30. The Morgan fingerprint density at radius 3 is 2.62 bits per heavy atom. The molecule has 1 saturated carbocycles. The smallest absolute Gasteiger partial charge is 0.0141 e. The molecule has 0 saturated heterocycles. The Balaban J connectivity index is 2.30. The van der Waals surface area contributed by atoms with Gasteiger partial charge in [-0.1, -0.05) is 45.8 Å². The Morgan fingerprint density at radius 2 is 1.92 bits per heavy atom. The van der Waals surface area contributed by atoms with Crippen LogP contribution in [-0.2, 0) is 0 Å². The second kappa shape index (κ2) is 2.87. The van der Waals surface area contributed by atoms with Gasteiger partial charge in [0, 0.05) is 0 Å². The second-order valence-corrected chi connectivity index (χ2v) is 5.88. The van der Waals surface area contributed by atoms with Gasteiger partial charge < -0.3 is 0 Å². The number of fused-ring (bicyclic) bond motifs is 1. The molecule has 0 radical (unpaired) electrons. The van der Waals surface area contributed by atoms with E-state index in [2.05, 4.69) is 32.9 Å². The lowest BCUT2D eigenvalue weighted by Crippen LogP contribution is -2.41. The average Bonchev–Trinajstić information content (AvgIpc) is 2.02. The molecular weight excluding hydrogens is 156 g/mol. The van der Waals surface area contributed by atoms with Crippen LogP contribution in [0.3, 0.4) is 0 Å². The van der Waals surface area contributed by atoms with Crippen LogP contribution >= 0.6 is 0 Å². The van der Waals surface area contributed by atoms with Crippen LogP contribution in [-0.4, -0.2) is 0 Å². The van der Waals surface area contributed by atoms with Crippen molar-refractivity contribution in [1.29, 1.82) is 0 Å². The van der Waals surface area contributed by atoms with Gasteiger partial charge in [-0.25, -0.2) is 0 Å². The third-order valence-corrected chi connectivity index (χ3v) is 4.36. The predicted molar refractivity (Wildman–Crippen MR) is 57.6 cm³/mol. The summed E-state index contributed by atoms with van der Waals surface area (Å²) < 4.78 is 0. The summed E-state index contributed by atoms with van der Waals surface area (Å²) in [4.78, 5) is 0. The fraction of sp³-hybridized carbons (Fsp3) is 0.846. The highest BCUT2D eigenvalue weighted by molar-refractivity contribution is 5.11. The molecule has 0 aromatic carbocycles. The lowest BCUT2D eigenvalue weighted by Gasteiger charge is -2.51. The van der Waals surface area contributed by atoms with E-state index in [0.717, 1.165) is 5.92 Å². The van der Waals surface area contributed by atoms with Gasteiger partial charge in [0.15, 0.2) is 0 Å². The molecule has 2 aliphatic carbocycles. The van der Waals surface area contributed by atoms with Crippen molar-refractivity contribution >= 4 is 0 Å². The molecule has 0 N–H and O–H groups in total. The summed E-state index contributed by atoms with van der Waals surface area (Å²) >= 11 is 0. The zero-order chi connectivity index (χ0) is 9.53. The minimum absolute atomic E-state index is 0.452. The molecule has 2 rings (SSSR count). The van der Waals surface area contributed by atoms with Crippen LogP contribution in [0.5, 0.6) is 0 Å². The Hall–Kier alpha value is -0.260. The summed E-state index contributed by atoms with van der Waals surface area (Å²) in [5.41, 5.74) is 1.07. The van der Waals surface area contributed by atoms with E-state index < -0.39 is 0 Å². The van der Waals surface area contributed by atoms with Crippen LogP contribution in [0.4, 0.5) is 0 Å². The summed E-state index contributed by atoms with van der Waals surface area (Å²) in [5, 5.41) is 0. The zero-order valence-electron chi connectivity index (χ0n) is 9.27. The van der Waals surface area contributed by atoms with Crippen molar-refractivity contribution < 1.29 is 0 Å². The highest BCUT2D eigenvalue weighted by atomic mass is 14.5. The summed E-state index contributed by atoms with van der Waals surface area (Å²) in [6.07, 6.45) is 12.0. The molecule has 13 heavy (non-hydrogen) atoms. The molecule has 0 aromatic heterocycles. The third kappa shape index (κ3) is 1.45. The molecule has 74 valence electrons. The molecular formula is C13H22. The molecule has 0 nitrogen and oxygen atoms in total. The SMILES string of the molecule is CC1(C)C=CCC2(C)CCCCC12. The zero-order valence-corrected chi connectivity index (χ0v) is 9.27. The van der Waals surface area contributed by atoms with E-state index in [4.69, 9.17) is 0 Å². The molecule has 0 aromatic rings. The molecule has 0 spiro atoms. The molecule has 0 bridgehead atoms. The highest BCUT2D eigenvalue weighted by Crippen LogP contribution is 2.54. The summed E-state index contributed by atoms with van der Waals surface area (Å²) in [6.45, 7) is 7.33. The Labute approximate surface area is 82.4 Å². The van der Waals surface area contributed by atoms with E-state index >= 15 is 0 Å². The number of hydrogen-bond donors (Lipinski definition) is 0. The third-order valence-electron chi connectivity index (χ3n) is 4.36. The van der Waals surface area contributed by atoms with Crippen LogP contribution in [0, 0.1) is 16.7 Å². The normalized spacial score (nSPS) is 42.8. The number of allylic oxidation sites excluding steroid dienone is 2. The molecule has 0 heteroatoms. The number of hydrogen-bond acceptors (Lipinski definition) is 0. The van der Waals surface area contributed by atoms with Crippen molar-refractivity contribution in [1.82, 2.24) is 0 Å². The minimum atomic E-state index is 0.452. The van der Waals surface area contributed by atoms with Crippen molar-refractivity contribution in [2.45, 2.75) is 52.9 Å². The first-order valence-corrected chi connectivity index (χ1v) is 5.72. The van der Waals surface area contributed by atoms with Gasteiger partial charge in [-0.2, -0.15) is 0 Å². The maximum atomic E-state index is 2.50. The fourth-order valence-electron chi connectivity index (χ4n) is 3.66. The minimum Gasteiger partial charge on any atom is -0.0874 e. The Bertz CT molecular complexity index is 224. The van der Waals surface area contributed by atoms with Crippen LogP contribution in [0.1, 0.15) is 52.9 Å². The second-order valence-electron chi connectivity index (χ2n) is 5.88. The van der Waals surface area contributed by atoms with Gasteiger partial charge >= 0.3 is 0 Å². The summed E-state index contributed by atoms with van der Waals surface area (Å²) in [6, 6.07) is 0. The first-order valence-electron chi connectivity index (χ1n) is 5.72. The first-order chi connectivity index (χ1) is 6.05. The summed E-state index contributed by atoms with van der Waals surface area (Å²) in [7, 11) is 0. The van der Waals surface area contributed by atoms with Gasteiger partial charge in [-0.3, -0.25) is 0 Å². The van der Waals surface area contributed by atoms with Gasteiger partial charge in [0.1, 0.15) is 0 Å². The monoisotopic (exact) mass is 178 g/mol. The average molecular weight is 178 g/mol. The summed E-state index contributed by atoms with van der Waals surface area (Å²) in [5.74, 6) is 0.929. The van der Waals surface area contributed by atoms with E-state index in [-0.39, 0.29) is 0 Å². The van der Waals surface area contributed by atoms with Gasteiger partial charge in [0.25, 0.3) is 0 Å². The van der Waals surface area contributed by atoms with Crippen LogP contribution in [0.15, 0.2) is 12.2 Å². The van der Waals surface area contributed by atoms with Crippen LogP contribution in [0.2, 0.25) is 0 Å². The van der Waals surface area contributed by atoms with Crippen molar-refractivity contribution in [3.05, 3.63) is 12.2 Å². The van der Waals surface area contributed by atoms with Crippen LogP contribution in [0.25, 0.3) is 0 Å². The molecule has 2 unspecified atom stereocenters. The molecule has 1 fully saturated rings. The van der Waals surface area contributed by atoms with Gasteiger partial charge in [-0.15, -0.1) is 0 Å². The van der Waals surface area contributed by atoms with E-state index in [1.165, 1.54) is 32.1 Å². The lowest BCUT2D eigenvalue weighted by molar-refractivity contribution is 0.0334. The van der Waals surface area contributed by atoms with E-state index in [9.17, 15) is 0 Å². The maximum absolute atomic E-state index is 2.50. The quantitative estimate of drug-likeness (QED) is 0.488. The van der Waals surface area contributed by atoms with Gasteiger partial charge in [0.05, 0.1) is 0 Å². The standard InChI is InChI=1S/C13H22/c1-12(2)8-6-10-13(3)9-5-4-7-11(12)13/h6,8,11H,4-5,7,9-10H2,1-3H3. The predicted octanol–water partition coefficient (Wildman–Crippen LogP) is 4.17. The Kier molecular flexibility index (Phi) is 2.05. The topological polar surface area (TPSA) is 0 Å². The van der Waals surface area contributed by atoms with Crippen LogP contribution < -0.4 is 0 Å². The van der Waals surface area contributed by atoms with E-state index in [0.29, 0.717) is 10.8 Å². The van der Waals surface area contributed by atoms with Crippen molar-refractivity contribution in [2.75, 3.05) is 0 Å². The van der Waals surface area contributed by atoms with Crippen molar-refractivity contribution in [3.8, 4) is 0 Å². The number of rotatable bonds is 0.